The number of aliphatic hydroxyl groups is 5. The van der Waals surface area contributed by atoms with E-state index in [0.29, 0.717) is 36.9 Å². The Bertz CT molecular complexity index is 2590. The number of phenols is 2. The van der Waals surface area contributed by atoms with Gasteiger partial charge in [0.2, 0.25) is 0 Å². The minimum absolute atomic E-state index is 0.00138. The molecule has 0 spiro atoms. The van der Waals surface area contributed by atoms with Crippen LogP contribution in [0.4, 0.5) is 11.5 Å². The fourth-order valence-corrected chi connectivity index (χ4v) is 10.7. The van der Waals surface area contributed by atoms with E-state index in [9.17, 15) is 50.4 Å². The number of nitrogens with two attached hydrogens (primary N) is 1. The van der Waals surface area contributed by atoms with Gasteiger partial charge in [0.25, 0.3) is 5.91 Å². The van der Waals surface area contributed by atoms with E-state index in [4.69, 9.17) is 15.2 Å². The van der Waals surface area contributed by atoms with Crippen LogP contribution in [0.1, 0.15) is 89.9 Å². The summed E-state index contributed by atoms with van der Waals surface area (Å²) < 4.78 is 10.9. The first-order valence-electron chi connectivity index (χ1n) is 22.1. The summed E-state index contributed by atoms with van der Waals surface area (Å²) in [6.45, 7) is -0.240. The molecule has 2 aliphatic carbocycles. The largest absolute Gasteiger partial charge is 0.508 e. The lowest BCUT2D eigenvalue weighted by atomic mass is 9.68. The van der Waals surface area contributed by atoms with Crippen molar-refractivity contribution >= 4 is 29.5 Å². The van der Waals surface area contributed by atoms with E-state index >= 15 is 0 Å². The minimum Gasteiger partial charge on any atom is -0.508 e. The molecule has 18 nitrogen and oxygen atoms in total. The Morgan fingerprint density at radius 2 is 1.77 bits per heavy atom. The van der Waals surface area contributed by atoms with Crippen LogP contribution in [-0.2, 0) is 19.7 Å². The number of carboxylic acid groups (broad SMARTS) is 1. The zero-order chi connectivity index (χ0) is 46.5. The number of anilines is 2. The molecule has 2 aromatic heterocycles. The molecule has 1 saturated carbocycles. The SMILES string of the molecule is N[C@@H]1CCC[C@]1(C[C@@H]1c2cc(O)c(O[C@]3(O)O[C@H](CO)[C@@H](O)[C@H](O)[C@H]3O)cc2N(C(=O)/C=C/c2ccc(O)c([C@H]3CC[C@H](CNc4ccc[nH]4)c4nc[nH]c43)c2)[C@H]1C(=O)O)c1ccccc1. The van der Waals surface area contributed by atoms with Crippen molar-refractivity contribution in [1.29, 1.82) is 0 Å². The topological polar surface area (TPSA) is 300 Å². The number of ether oxygens (including phenoxy) is 2. The molecule has 66 heavy (non-hydrogen) atoms. The van der Waals surface area contributed by atoms with Crippen molar-refractivity contribution in [3.63, 3.8) is 0 Å². The molecule has 348 valence electrons. The number of fused-ring (bicyclic) bond motifs is 2. The second-order valence-corrected chi connectivity index (χ2v) is 17.8. The number of aliphatic hydroxyl groups excluding tert-OH is 4. The summed E-state index contributed by atoms with van der Waals surface area (Å²) in [6, 6.07) is 18.8. The highest BCUT2D eigenvalue weighted by Crippen LogP contribution is 2.55. The molecule has 1 amide bonds. The molecule has 4 aliphatic rings. The van der Waals surface area contributed by atoms with Crippen LogP contribution in [0.5, 0.6) is 17.2 Å². The monoisotopic (exact) mass is 906 g/mol. The van der Waals surface area contributed by atoms with Gasteiger partial charge in [-0.3, -0.25) is 9.69 Å². The molecule has 0 unspecified atom stereocenters. The molecule has 0 radical (unpaired) electrons. The average Bonchev–Trinajstić information content (AvgIpc) is 4.14. The van der Waals surface area contributed by atoms with E-state index in [1.807, 2.05) is 48.7 Å². The van der Waals surface area contributed by atoms with Gasteiger partial charge in [0.15, 0.2) is 17.6 Å². The Balaban J connectivity index is 1.06. The molecule has 2 aliphatic heterocycles. The van der Waals surface area contributed by atoms with Gasteiger partial charge in [0, 0.05) is 65.4 Å². The van der Waals surface area contributed by atoms with Crippen LogP contribution in [0.15, 0.2) is 91.4 Å². The van der Waals surface area contributed by atoms with Crippen LogP contribution in [0.25, 0.3) is 6.08 Å². The fourth-order valence-electron chi connectivity index (χ4n) is 10.7. The normalized spacial score (nSPS) is 30.6. The third-order valence-corrected chi connectivity index (χ3v) is 14.1. The lowest BCUT2D eigenvalue weighted by Crippen LogP contribution is -2.67. The van der Waals surface area contributed by atoms with Crippen molar-refractivity contribution in [2.75, 3.05) is 23.4 Å². The van der Waals surface area contributed by atoms with Gasteiger partial charge >= 0.3 is 11.9 Å². The fraction of sp³-hybridized carbons (Fsp3) is 0.396. The van der Waals surface area contributed by atoms with Crippen LogP contribution in [0, 0.1) is 0 Å². The summed E-state index contributed by atoms with van der Waals surface area (Å²) >= 11 is 0. The number of aliphatic carboxylic acids is 1. The van der Waals surface area contributed by atoms with Gasteiger partial charge in [0.1, 0.15) is 35.9 Å². The van der Waals surface area contributed by atoms with Crippen LogP contribution in [0.2, 0.25) is 0 Å². The molecule has 13 N–H and O–H groups in total. The molecular formula is C48H54N6O12. The number of hydrogen-bond acceptors (Lipinski definition) is 14. The highest BCUT2D eigenvalue weighted by Gasteiger charge is 2.56. The van der Waals surface area contributed by atoms with Gasteiger partial charge in [-0.1, -0.05) is 42.8 Å². The van der Waals surface area contributed by atoms with Gasteiger partial charge in [-0.2, -0.15) is 0 Å². The molecule has 9 rings (SSSR count). The minimum atomic E-state index is -3.13. The summed E-state index contributed by atoms with van der Waals surface area (Å²) in [7, 11) is 0. The van der Waals surface area contributed by atoms with E-state index in [1.165, 1.54) is 18.2 Å². The summed E-state index contributed by atoms with van der Waals surface area (Å²) in [5.41, 5.74) is 10.3. The predicted molar refractivity (Wildman–Crippen MR) is 239 cm³/mol. The third kappa shape index (κ3) is 7.97. The molecule has 1 saturated heterocycles. The number of hydrogen-bond donors (Lipinski definition) is 12. The number of aromatic hydroxyl groups is 2. The number of nitrogens with one attached hydrogen (secondary N) is 3. The smallest absolute Gasteiger partial charge is 0.355 e. The zero-order valence-corrected chi connectivity index (χ0v) is 35.8. The first-order chi connectivity index (χ1) is 31.7. The van der Waals surface area contributed by atoms with E-state index < -0.39 is 77.7 Å². The summed E-state index contributed by atoms with van der Waals surface area (Å²) in [5.74, 6) is -6.55. The van der Waals surface area contributed by atoms with Crippen molar-refractivity contribution in [3.05, 3.63) is 125 Å². The summed E-state index contributed by atoms with van der Waals surface area (Å²) in [5, 5.41) is 89.9. The number of carbonyl (C=O) groups excluding carboxylic acids is 1. The number of rotatable bonds is 13. The first kappa shape index (κ1) is 44.9. The van der Waals surface area contributed by atoms with Gasteiger partial charge in [-0.25, -0.2) is 9.78 Å². The molecule has 5 aromatic rings. The maximum Gasteiger partial charge on any atom is 0.355 e. The molecule has 4 heterocycles. The van der Waals surface area contributed by atoms with Crippen molar-refractivity contribution in [3.8, 4) is 17.2 Å². The number of benzene rings is 3. The van der Waals surface area contributed by atoms with Crippen LogP contribution < -0.4 is 20.7 Å². The number of phenolic OH excluding ortho intramolecular Hbond substituents is 2. The van der Waals surface area contributed by atoms with Crippen molar-refractivity contribution in [1.82, 2.24) is 15.0 Å². The second-order valence-electron chi connectivity index (χ2n) is 17.8. The number of carbonyl (C=O) groups is 2. The third-order valence-electron chi connectivity index (χ3n) is 14.1. The Morgan fingerprint density at radius 3 is 2.48 bits per heavy atom. The Labute approximate surface area is 379 Å². The molecule has 18 heteroatoms. The lowest BCUT2D eigenvalue weighted by molar-refractivity contribution is -0.422. The summed E-state index contributed by atoms with van der Waals surface area (Å²) in [4.78, 5) is 40.4. The quantitative estimate of drug-likeness (QED) is 0.0597. The van der Waals surface area contributed by atoms with Crippen molar-refractivity contribution < 1.29 is 59.9 Å². The van der Waals surface area contributed by atoms with Gasteiger partial charge < -0.3 is 71.3 Å². The van der Waals surface area contributed by atoms with Crippen LogP contribution >= 0.6 is 0 Å². The number of aromatic amines is 2. The number of imidazole rings is 1. The van der Waals surface area contributed by atoms with E-state index in [0.717, 1.165) is 46.6 Å². The first-order valence-corrected chi connectivity index (χ1v) is 22.1. The Hall–Kier alpha value is -6.25. The van der Waals surface area contributed by atoms with E-state index in [1.54, 1.807) is 24.5 Å². The molecule has 3 aromatic carbocycles. The van der Waals surface area contributed by atoms with Crippen molar-refractivity contribution in [2.45, 2.75) is 104 Å². The zero-order valence-electron chi connectivity index (χ0n) is 35.8. The number of H-pyrrole nitrogens is 2. The number of nitrogens with zero attached hydrogens (tertiary/aromatic N) is 2. The number of carboxylic acids is 1. The Kier molecular flexibility index (Phi) is 12.2. The second kappa shape index (κ2) is 17.9. The standard InChI is InChI=1S/C48H54N6O12/c49-37-8-4-16-47(37,27-6-2-1-3-7-27)21-31-29-19-34(57)35(65-48(64)45(61)44(60)43(59)36(23-55)66-48)20-32(29)54(42(31)46(62)63)39(58)15-11-25-10-14-33(56)30(18-25)28-13-12-26(40-41(28)53-24-52-40)22-51-38-9-5-17-50-38/h1-3,5-7,9-11,14-15,17-20,24,26,28,31,36-37,42-45,50-51,55-57,59-61,64H,4,8,12-13,16,21-23,49H2,(H,52,53)(H,62,63)/b15-11+/t26-,28-,31-,36-,37-,42-,43-,44+,45-,47+,48+/m1/s1. The van der Waals surface area contributed by atoms with Gasteiger partial charge in [-0.15, -0.1) is 0 Å². The van der Waals surface area contributed by atoms with Crippen molar-refractivity contribution in [2.24, 2.45) is 5.73 Å². The summed E-state index contributed by atoms with van der Waals surface area (Å²) in [6.07, 6.45) is 2.16. The predicted octanol–water partition coefficient (Wildman–Crippen LogP) is 3.21. The van der Waals surface area contributed by atoms with Gasteiger partial charge in [-0.05, 0) is 85.2 Å². The Morgan fingerprint density at radius 1 is 0.970 bits per heavy atom. The maximum atomic E-state index is 14.7. The van der Waals surface area contributed by atoms with Gasteiger partial charge in [0.05, 0.1) is 24.3 Å². The molecular weight excluding hydrogens is 853 g/mol. The average molecular weight is 907 g/mol. The van der Waals surface area contributed by atoms with Crippen LogP contribution in [-0.4, -0.2) is 123 Å². The van der Waals surface area contributed by atoms with E-state index in [-0.39, 0.29) is 41.3 Å². The maximum absolute atomic E-state index is 14.7. The van der Waals surface area contributed by atoms with Crippen LogP contribution in [0.3, 0.4) is 0 Å². The molecule has 0 bridgehead atoms. The number of aromatic nitrogens is 3. The van der Waals surface area contributed by atoms with E-state index in [2.05, 4.69) is 20.3 Å². The highest BCUT2D eigenvalue weighted by atomic mass is 16.8. The highest BCUT2D eigenvalue weighted by molar-refractivity contribution is 6.10. The molecule has 11 atom stereocenters. The molecule has 2 fully saturated rings. The number of amides is 1. The lowest BCUT2D eigenvalue weighted by Gasteiger charge is -2.44.